The topological polar surface area (TPSA) is 88.3 Å². The van der Waals surface area contributed by atoms with Crippen molar-refractivity contribution in [1.29, 1.82) is 0 Å². The summed E-state index contributed by atoms with van der Waals surface area (Å²) < 4.78 is 0. The number of anilines is 1. The first-order chi connectivity index (χ1) is 8.97. The Morgan fingerprint density at radius 1 is 1.42 bits per heavy atom. The van der Waals surface area contributed by atoms with Gasteiger partial charge in [-0.15, -0.1) is 0 Å². The summed E-state index contributed by atoms with van der Waals surface area (Å²) in [5.74, 6) is -0.0242. The van der Waals surface area contributed by atoms with Gasteiger partial charge in [-0.05, 0) is 19.8 Å². The molecule has 0 radical (unpaired) electrons. The van der Waals surface area contributed by atoms with Crippen LogP contribution in [0, 0.1) is 6.92 Å². The fraction of sp³-hybridized carbons (Fsp3) is 0.583. The predicted molar refractivity (Wildman–Crippen MR) is 74.0 cm³/mol. The SMILES string of the molecule is CC(=O)N1CCC(NC(=O)c2sc(N)nc2C)CC1. The molecule has 0 aliphatic carbocycles. The minimum absolute atomic E-state index is 0.0934. The average Bonchev–Trinajstić information content (AvgIpc) is 2.69. The van der Waals surface area contributed by atoms with Gasteiger partial charge in [-0.25, -0.2) is 4.98 Å². The van der Waals surface area contributed by atoms with Crippen molar-refractivity contribution in [2.75, 3.05) is 18.8 Å². The van der Waals surface area contributed by atoms with E-state index in [2.05, 4.69) is 10.3 Å². The fourth-order valence-electron chi connectivity index (χ4n) is 2.22. The van der Waals surface area contributed by atoms with Crippen LogP contribution in [-0.2, 0) is 4.79 Å². The number of amides is 2. The summed E-state index contributed by atoms with van der Waals surface area (Å²) in [6.07, 6.45) is 1.58. The van der Waals surface area contributed by atoms with Crippen molar-refractivity contribution in [1.82, 2.24) is 15.2 Å². The van der Waals surface area contributed by atoms with E-state index in [1.165, 1.54) is 11.3 Å². The van der Waals surface area contributed by atoms with Crippen molar-refractivity contribution in [3.8, 4) is 0 Å². The number of aromatic nitrogens is 1. The van der Waals surface area contributed by atoms with Crippen LogP contribution >= 0.6 is 11.3 Å². The van der Waals surface area contributed by atoms with Gasteiger partial charge < -0.3 is 16.0 Å². The molecule has 2 amide bonds. The molecule has 1 fully saturated rings. The lowest BCUT2D eigenvalue weighted by Crippen LogP contribution is -2.45. The van der Waals surface area contributed by atoms with Gasteiger partial charge in [0.15, 0.2) is 5.13 Å². The molecule has 1 aromatic heterocycles. The molecule has 3 N–H and O–H groups in total. The third-order valence-electron chi connectivity index (χ3n) is 3.29. The summed E-state index contributed by atoms with van der Waals surface area (Å²) in [6.45, 7) is 4.75. The van der Waals surface area contributed by atoms with Gasteiger partial charge in [0.2, 0.25) is 5.91 Å². The van der Waals surface area contributed by atoms with E-state index >= 15 is 0 Å². The number of rotatable bonds is 2. The highest BCUT2D eigenvalue weighted by atomic mass is 32.1. The smallest absolute Gasteiger partial charge is 0.263 e. The number of nitrogens with two attached hydrogens (primary N) is 1. The molecule has 0 aromatic carbocycles. The van der Waals surface area contributed by atoms with E-state index in [9.17, 15) is 9.59 Å². The molecular weight excluding hydrogens is 264 g/mol. The molecule has 1 aliphatic heterocycles. The Morgan fingerprint density at radius 3 is 2.53 bits per heavy atom. The second-order valence-electron chi connectivity index (χ2n) is 4.72. The summed E-state index contributed by atoms with van der Waals surface area (Å²) in [5, 5.41) is 3.40. The first-order valence-electron chi connectivity index (χ1n) is 6.26. The largest absolute Gasteiger partial charge is 0.375 e. The van der Waals surface area contributed by atoms with E-state index < -0.39 is 0 Å². The van der Waals surface area contributed by atoms with Crippen LogP contribution in [0.1, 0.15) is 35.1 Å². The first kappa shape index (κ1) is 13.8. The number of hydrogen-bond donors (Lipinski definition) is 2. The Balaban J connectivity index is 1.91. The normalized spacial score (nSPS) is 16.4. The van der Waals surface area contributed by atoms with Crippen molar-refractivity contribution in [2.45, 2.75) is 32.7 Å². The van der Waals surface area contributed by atoms with Crippen LogP contribution in [0.4, 0.5) is 5.13 Å². The summed E-state index contributed by atoms with van der Waals surface area (Å²) in [4.78, 5) is 29.7. The zero-order chi connectivity index (χ0) is 14.0. The van der Waals surface area contributed by atoms with Crippen LogP contribution in [0.3, 0.4) is 0 Å². The van der Waals surface area contributed by atoms with Crippen molar-refractivity contribution in [3.63, 3.8) is 0 Å². The molecule has 1 aromatic rings. The molecule has 7 heteroatoms. The molecule has 1 aliphatic rings. The monoisotopic (exact) mass is 282 g/mol. The lowest BCUT2D eigenvalue weighted by Gasteiger charge is -2.31. The number of nitrogens with zero attached hydrogens (tertiary/aromatic N) is 2. The van der Waals surface area contributed by atoms with E-state index in [-0.39, 0.29) is 17.9 Å². The Bertz CT molecular complexity index is 492. The molecule has 6 nitrogen and oxygen atoms in total. The number of aryl methyl sites for hydroxylation is 1. The number of thiazole rings is 1. The van der Waals surface area contributed by atoms with E-state index in [1.54, 1.807) is 18.7 Å². The second kappa shape index (κ2) is 5.56. The zero-order valence-corrected chi connectivity index (χ0v) is 11.9. The molecule has 19 heavy (non-hydrogen) atoms. The summed E-state index contributed by atoms with van der Waals surface area (Å²) in [6, 6.07) is 0.117. The number of nitrogens with one attached hydrogen (secondary N) is 1. The Morgan fingerprint density at radius 2 is 2.05 bits per heavy atom. The molecule has 0 unspecified atom stereocenters. The van der Waals surface area contributed by atoms with Crippen LogP contribution in [0.2, 0.25) is 0 Å². The third-order valence-corrected chi connectivity index (χ3v) is 4.28. The molecule has 2 heterocycles. The quantitative estimate of drug-likeness (QED) is 0.838. The minimum atomic E-state index is -0.118. The third kappa shape index (κ3) is 3.23. The van der Waals surface area contributed by atoms with Crippen LogP contribution in [-0.4, -0.2) is 40.8 Å². The molecule has 1 saturated heterocycles. The molecule has 0 saturated carbocycles. The van der Waals surface area contributed by atoms with Gasteiger partial charge in [-0.1, -0.05) is 11.3 Å². The van der Waals surface area contributed by atoms with E-state index in [0.29, 0.717) is 28.8 Å². The molecule has 104 valence electrons. The number of likely N-dealkylation sites (tertiary alicyclic amines) is 1. The van der Waals surface area contributed by atoms with Gasteiger partial charge >= 0.3 is 0 Å². The predicted octanol–water partition coefficient (Wildman–Crippen LogP) is 0.774. The van der Waals surface area contributed by atoms with Crippen LogP contribution in [0.15, 0.2) is 0 Å². The number of hydrogen-bond acceptors (Lipinski definition) is 5. The fourth-order valence-corrected chi connectivity index (χ4v) is 2.95. The number of piperidine rings is 1. The van der Waals surface area contributed by atoms with E-state index in [1.807, 2.05) is 0 Å². The van der Waals surface area contributed by atoms with Crippen molar-refractivity contribution in [2.24, 2.45) is 0 Å². The molecular formula is C12H18N4O2S. The summed E-state index contributed by atoms with van der Waals surface area (Å²) in [7, 11) is 0. The van der Waals surface area contributed by atoms with Crippen molar-refractivity contribution >= 4 is 28.3 Å². The van der Waals surface area contributed by atoms with Gasteiger partial charge in [0.05, 0.1) is 5.69 Å². The van der Waals surface area contributed by atoms with Crippen LogP contribution in [0.5, 0.6) is 0 Å². The first-order valence-corrected chi connectivity index (χ1v) is 7.08. The van der Waals surface area contributed by atoms with Gasteiger partial charge in [0, 0.05) is 26.1 Å². The average molecular weight is 282 g/mol. The van der Waals surface area contributed by atoms with Crippen LogP contribution in [0.25, 0.3) is 0 Å². The maximum Gasteiger partial charge on any atom is 0.263 e. The standard InChI is InChI=1S/C12H18N4O2S/c1-7-10(19-12(13)14-7)11(18)15-9-3-5-16(6-4-9)8(2)17/h9H,3-6H2,1-2H3,(H2,13,14)(H,15,18). The highest BCUT2D eigenvalue weighted by Gasteiger charge is 2.23. The Kier molecular flexibility index (Phi) is 4.04. The number of nitrogen functional groups attached to an aromatic ring is 1. The molecule has 0 bridgehead atoms. The van der Waals surface area contributed by atoms with Gasteiger partial charge in [0.25, 0.3) is 5.91 Å². The van der Waals surface area contributed by atoms with Gasteiger partial charge in [-0.3, -0.25) is 9.59 Å². The lowest BCUT2D eigenvalue weighted by molar-refractivity contribution is -0.129. The second-order valence-corrected chi connectivity index (χ2v) is 5.75. The van der Waals surface area contributed by atoms with Gasteiger partial charge in [-0.2, -0.15) is 0 Å². The molecule has 2 rings (SSSR count). The van der Waals surface area contributed by atoms with E-state index in [0.717, 1.165) is 12.8 Å². The summed E-state index contributed by atoms with van der Waals surface area (Å²) in [5.41, 5.74) is 6.25. The summed E-state index contributed by atoms with van der Waals surface area (Å²) >= 11 is 1.21. The minimum Gasteiger partial charge on any atom is -0.375 e. The highest BCUT2D eigenvalue weighted by Crippen LogP contribution is 2.20. The Labute approximate surface area is 116 Å². The van der Waals surface area contributed by atoms with Crippen molar-refractivity contribution < 1.29 is 9.59 Å². The maximum absolute atomic E-state index is 12.1. The van der Waals surface area contributed by atoms with Crippen LogP contribution < -0.4 is 11.1 Å². The number of carbonyl (C=O) groups excluding carboxylic acids is 2. The highest BCUT2D eigenvalue weighted by molar-refractivity contribution is 7.17. The van der Waals surface area contributed by atoms with Gasteiger partial charge in [0.1, 0.15) is 4.88 Å². The zero-order valence-electron chi connectivity index (χ0n) is 11.1. The molecule has 0 atom stereocenters. The molecule has 0 spiro atoms. The van der Waals surface area contributed by atoms with Crippen molar-refractivity contribution in [3.05, 3.63) is 10.6 Å². The number of carbonyl (C=O) groups is 2. The Hall–Kier alpha value is -1.63. The maximum atomic E-state index is 12.1. The van der Waals surface area contributed by atoms with E-state index in [4.69, 9.17) is 5.73 Å². The lowest BCUT2D eigenvalue weighted by atomic mass is 10.0.